The van der Waals surface area contributed by atoms with E-state index in [-0.39, 0.29) is 25.0 Å². The van der Waals surface area contributed by atoms with Gasteiger partial charge in [-0.1, -0.05) is 19.1 Å². The average molecular weight is 351 g/mol. The third kappa shape index (κ3) is 3.36. The molecular formula is C18H25NO6. The summed E-state index contributed by atoms with van der Waals surface area (Å²) in [5, 5.41) is 20.1. The highest BCUT2D eigenvalue weighted by Crippen LogP contribution is 2.35. The Morgan fingerprint density at radius 3 is 2.88 bits per heavy atom. The lowest BCUT2D eigenvalue weighted by atomic mass is 9.92. The van der Waals surface area contributed by atoms with Gasteiger partial charge >= 0.3 is 11.9 Å². The zero-order chi connectivity index (χ0) is 18.2. The number of carbonyl (C=O) groups is 2. The minimum absolute atomic E-state index is 0.0146. The Bertz CT molecular complexity index is 627. The lowest BCUT2D eigenvalue weighted by Gasteiger charge is -2.33. The number of ether oxygens (including phenoxy) is 2. The molecule has 3 aliphatic rings. The number of aliphatic hydroxyl groups excluding tert-OH is 1. The SMILES string of the molecule is C/C=C1/C[C@@H](C)[C@](O)(CO)OC(=O)CC2=CCN3CC[C@@H](OC1=O)[C@@H]23. The van der Waals surface area contributed by atoms with Crippen LogP contribution < -0.4 is 0 Å². The summed E-state index contributed by atoms with van der Waals surface area (Å²) in [4.78, 5) is 27.1. The zero-order valence-electron chi connectivity index (χ0n) is 14.6. The van der Waals surface area contributed by atoms with Gasteiger partial charge in [0.15, 0.2) is 0 Å². The van der Waals surface area contributed by atoms with Crippen LogP contribution in [0.5, 0.6) is 0 Å². The molecule has 3 rings (SSSR count). The van der Waals surface area contributed by atoms with Crippen LogP contribution in [0.1, 0.15) is 33.1 Å². The van der Waals surface area contributed by atoms with Gasteiger partial charge in [-0.3, -0.25) is 9.69 Å². The molecule has 3 heterocycles. The van der Waals surface area contributed by atoms with Crippen LogP contribution in [0.3, 0.4) is 0 Å². The minimum Gasteiger partial charge on any atom is -0.457 e. The fourth-order valence-electron chi connectivity index (χ4n) is 3.87. The lowest BCUT2D eigenvalue weighted by molar-refractivity contribution is -0.243. The van der Waals surface area contributed by atoms with E-state index in [2.05, 4.69) is 4.90 Å². The third-order valence-electron chi connectivity index (χ3n) is 5.45. The van der Waals surface area contributed by atoms with Crippen molar-refractivity contribution in [2.75, 3.05) is 19.7 Å². The molecule has 0 spiro atoms. The van der Waals surface area contributed by atoms with Crippen LogP contribution in [-0.4, -0.2) is 64.7 Å². The Morgan fingerprint density at radius 2 is 2.20 bits per heavy atom. The highest BCUT2D eigenvalue weighted by molar-refractivity contribution is 5.88. The second-order valence-corrected chi connectivity index (χ2v) is 7.02. The smallest absolute Gasteiger partial charge is 0.334 e. The van der Waals surface area contributed by atoms with Crippen molar-refractivity contribution in [3.63, 3.8) is 0 Å². The van der Waals surface area contributed by atoms with E-state index in [9.17, 15) is 19.8 Å². The Morgan fingerprint density at radius 1 is 1.44 bits per heavy atom. The Balaban J connectivity index is 1.92. The van der Waals surface area contributed by atoms with Crippen molar-refractivity contribution < 1.29 is 29.3 Å². The molecule has 0 amide bonds. The van der Waals surface area contributed by atoms with Crippen LogP contribution >= 0.6 is 0 Å². The van der Waals surface area contributed by atoms with Gasteiger partial charge in [-0.15, -0.1) is 0 Å². The molecule has 25 heavy (non-hydrogen) atoms. The molecule has 0 radical (unpaired) electrons. The second kappa shape index (κ2) is 6.90. The summed E-state index contributed by atoms with van der Waals surface area (Å²) in [6, 6.07) is -0.117. The zero-order valence-corrected chi connectivity index (χ0v) is 14.6. The van der Waals surface area contributed by atoms with Gasteiger partial charge in [0.05, 0.1) is 12.5 Å². The number of hydrogen-bond acceptors (Lipinski definition) is 7. The monoisotopic (exact) mass is 351 g/mol. The van der Waals surface area contributed by atoms with Gasteiger partial charge in [0.1, 0.15) is 12.7 Å². The van der Waals surface area contributed by atoms with Crippen LogP contribution in [0, 0.1) is 5.92 Å². The van der Waals surface area contributed by atoms with Gasteiger partial charge < -0.3 is 19.7 Å². The molecule has 7 heteroatoms. The number of nitrogens with zero attached hydrogens (tertiary/aromatic N) is 1. The first kappa shape index (κ1) is 18.1. The lowest BCUT2D eigenvalue weighted by Crippen LogP contribution is -2.46. The van der Waals surface area contributed by atoms with Gasteiger partial charge in [-0.25, -0.2) is 4.79 Å². The fraction of sp³-hybridized carbons (Fsp3) is 0.667. The highest BCUT2D eigenvalue weighted by Gasteiger charge is 2.45. The molecule has 2 N–H and O–H groups in total. The molecule has 2 fully saturated rings. The maximum absolute atomic E-state index is 12.6. The second-order valence-electron chi connectivity index (χ2n) is 7.02. The van der Waals surface area contributed by atoms with E-state index in [1.807, 2.05) is 6.08 Å². The number of hydrogen-bond donors (Lipinski definition) is 2. The van der Waals surface area contributed by atoms with Crippen molar-refractivity contribution in [1.82, 2.24) is 4.90 Å². The average Bonchev–Trinajstić information content (AvgIpc) is 3.15. The summed E-state index contributed by atoms with van der Waals surface area (Å²) < 4.78 is 11.0. The van der Waals surface area contributed by atoms with Crippen LogP contribution in [0.4, 0.5) is 0 Å². The Hall–Kier alpha value is -1.70. The predicted molar refractivity (Wildman–Crippen MR) is 88.2 cm³/mol. The van der Waals surface area contributed by atoms with Gasteiger partial charge in [0.2, 0.25) is 5.79 Å². The quantitative estimate of drug-likeness (QED) is 0.404. The van der Waals surface area contributed by atoms with Crippen LogP contribution in [0.25, 0.3) is 0 Å². The summed E-state index contributed by atoms with van der Waals surface area (Å²) in [5.41, 5.74) is 1.24. The number of esters is 2. The van der Waals surface area contributed by atoms with Gasteiger partial charge in [-0.05, 0) is 25.3 Å². The van der Waals surface area contributed by atoms with E-state index in [0.717, 1.165) is 18.5 Å². The molecule has 0 unspecified atom stereocenters. The predicted octanol–water partition coefficient (Wildman–Crippen LogP) is 0.513. The summed E-state index contributed by atoms with van der Waals surface area (Å²) in [5.74, 6) is -3.69. The van der Waals surface area contributed by atoms with E-state index in [0.29, 0.717) is 12.1 Å². The van der Waals surface area contributed by atoms with E-state index >= 15 is 0 Å². The molecule has 2 saturated heterocycles. The Labute approximate surface area is 146 Å². The maximum Gasteiger partial charge on any atom is 0.334 e. The molecule has 0 aliphatic carbocycles. The summed E-state index contributed by atoms with van der Waals surface area (Å²) >= 11 is 0. The van der Waals surface area contributed by atoms with Crippen molar-refractivity contribution in [2.45, 2.75) is 51.0 Å². The standard InChI is InChI=1S/C18H25NO6/c1-3-12-8-11(2)18(23,10-20)25-15(21)9-13-4-6-19-7-5-14(16(13)19)24-17(12)22/h3-4,11,14,16,20,23H,5-10H2,1-2H3/b12-3-/t11-,14-,16-,18+/m1/s1. The van der Waals surface area contributed by atoms with Crippen LogP contribution in [-0.2, 0) is 19.1 Å². The van der Waals surface area contributed by atoms with Crippen molar-refractivity contribution in [1.29, 1.82) is 0 Å². The minimum atomic E-state index is -2.03. The Kier molecular flexibility index (Phi) is 4.99. The van der Waals surface area contributed by atoms with Crippen molar-refractivity contribution in [3.05, 3.63) is 23.3 Å². The number of allylic oxidation sites excluding steroid dienone is 1. The highest BCUT2D eigenvalue weighted by atomic mass is 16.7. The normalized spacial score (nSPS) is 38.5. The molecule has 4 atom stereocenters. The molecular weight excluding hydrogens is 326 g/mol. The van der Waals surface area contributed by atoms with E-state index in [1.165, 1.54) is 0 Å². The first-order valence-electron chi connectivity index (χ1n) is 8.72. The molecule has 0 saturated carbocycles. The molecule has 7 nitrogen and oxygen atoms in total. The molecule has 0 aromatic heterocycles. The molecule has 3 aliphatic heterocycles. The molecule has 138 valence electrons. The van der Waals surface area contributed by atoms with E-state index < -0.39 is 30.3 Å². The van der Waals surface area contributed by atoms with Crippen LogP contribution in [0.2, 0.25) is 0 Å². The van der Waals surface area contributed by atoms with Gasteiger partial charge in [0, 0.05) is 24.6 Å². The van der Waals surface area contributed by atoms with E-state index in [4.69, 9.17) is 9.47 Å². The fourth-order valence-corrected chi connectivity index (χ4v) is 3.87. The molecule has 0 aromatic rings. The number of aliphatic hydroxyl groups is 2. The number of rotatable bonds is 1. The van der Waals surface area contributed by atoms with Crippen molar-refractivity contribution in [2.24, 2.45) is 5.92 Å². The van der Waals surface area contributed by atoms with Gasteiger partial charge in [0.25, 0.3) is 0 Å². The van der Waals surface area contributed by atoms with Crippen molar-refractivity contribution in [3.8, 4) is 0 Å². The summed E-state index contributed by atoms with van der Waals surface area (Å²) in [6.07, 6.45) is 4.20. The van der Waals surface area contributed by atoms with Gasteiger partial charge in [-0.2, -0.15) is 0 Å². The van der Waals surface area contributed by atoms with Crippen molar-refractivity contribution >= 4 is 11.9 Å². The molecule has 0 bridgehead atoms. The largest absolute Gasteiger partial charge is 0.457 e. The van der Waals surface area contributed by atoms with Crippen LogP contribution in [0.15, 0.2) is 23.3 Å². The summed E-state index contributed by atoms with van der Waals surface area (Å²) in [7, 11) is 0. The van der Waals surface area contributed by atoms with E-state index in [1.54, 1.807) is 19.9 Å². The first-order valence-corrected chi connectivity index (χ1v) is 8.72. The topological polar surface area (TPSA) is 96.3 Å². The molecule has 0 aromatic carbocycles. The number of carbonyl (C=O) groups excluding carboxylic acids is 2. The third-order valence-corrected chi connectivity index (χ3v) is 5.45. The maximum atomic E-state index is 12.6. The first-order chi connectivity index (χ1) is 11.9. The number of cyclic esters (lactones) is 1. The summed E-state index contributed by atoms with van der Waals surface area (Å²) in [6.45, 7) is 4.13.